The molecule has 0 amide bonds. The topological polar surface area (TPSA) is 35.9 Å². The van der Waals surface area contributed by atoms with Gasteiger partial charge >= 0.3 is 0 Å². The maximum Gasteiger partial charge on any atom is 0.0481 e. The highest BCUT2D eigenvalue weighted by Gasteiger charge is 2.08. The Morgan fingerprint density at radius 1 is 1.67 bits per heavy atom. The summed E-state index contributed by atoms with van der Waals surface area (Å²) in [5.74, 6) is 0. The molecule has 1 rings (SSSR count). The van der Waals surface area contributed by atoms with Crippen molar-refractivity contribution in [2.75, 3.05) is 13.1 Å². The van der Waals surface area contributed by atoms with Crippen molar-refractivity contribution in [2.24, 2.45) is 0 Å². The number of allylic oxidation sites excluding steroid dienone is 1. The lowest BCUT2D eigenvalue weighted by Crippen LogP contribution is -2.31. The molecule has 0 aliphatic carbocycles. The zero-order valence-electron chi connectivity index (χ0n) is 5.70. The fourth-order valence-electron chi connectivity index (χ4n) is 1.02. The second-order valence-electron chi connectivity index (χ2n) is 2.22. The predicted molar refractivity (Wildman–Crippen MR) is 39.0 cm³/mol. The lowest BCUT2D eigenvalue weighted by Gasteiger charge is -2.15. The van der Waals surface area contributed by atoms with Crippen molar-refractivity contribution in [2.45, 2.75) is 13.3 Å². The SMILES string of the molecule is C/C=C1/CCNCC1=N. The molecule has 2 nitrogen and oxygen atoms in total. The Morgan fingerprint density at radius 2 is 2.44 bits per heavy atom. The van der Waals surface area contributed by atoms with Gasteiger partial charge in [0.05, 0.1) is 0 Å². The van der Waals surface area contributed by atoms with E-state index in [0.29, 0.717) is 0 Å². The van der Waals surface area contributed by atoms with Crippen molar-refractivity contribution in [3.8, 4) is 0 Å². The fourth-order valence-corrected chi connectivity index (χ4v) is 1.02. The van der Waals surface area contributed by atoms with Crippen LogP contribution in [0, 0.1) is 5.41 Å². The third kappa shape index (κ3) is 1.39. The van der Waals surface area contributed by atoms with Crippen LogP contribution in [-0.4, -0.2) is 18.8 Å². The van der Waals surface area contributed by atoms with Gasteiger partial charge in [0.15, 0.2) is 0 Å². The average Bonchev–Trinajstić information content (AvgIpc) is 1.89. The highest BCUT2D eigenvalue weighted by atomic mass is 14.9. The van der Waals surface area contributed by atoms with Crippen LogP contribution in [0.4, 0.5) is 0 Å². The van der Waals surface area contributed by atoms with E-state index in [4.69, 9.17) is 5.41 Å². The van der Waals surface area contributed by atoms with Crippen molar-refractivity contribution in [3.63, 3.8) is 0 Å². The zero-order chi connectivity index (χ0) is 6.69. The fraction of sp³-hybridized carbons (Fsp3) is 0.571. The Morgan fingerprint density at radius 3 is 2.89 bits per heavy atom. The van der Waals surface area contributed by atoms with E-state index >= 15 is 0 Å². The number of piperidine rings is 1. The lowest BCUT2D eigenvalue weighted by molar-refractivity contribution is 0.729. The molecule has 9 heavy (non-hydrogen) atoms. The van der Waals surface area contributed by atoms with Crippen LogP contribution in [0.15, 0.2) is 11.6 Å². The molecule has 0 bridgehead atoms. The summed E-state index contributed by atoms with van der Waals surface area (Å²) in [6.07, 6.45) is 3.05. The molecule has 50 valence electrons. The van der Waals surface area contributed by atoms with E-state index in [1.54, 1.807) is 0 Å². The molecule has 0 atom stereocenters. The number of hydrogen-bond acceptors (Lipinski definition) is 2. The van der Waals surface area contributed by atoms with Gasteiger partial charge in [-0.2, -0.15) is 0 Å². The van der Waals surface area contributed by atoms with E-state index in [9.17, 15) is 0 Å². The van der Waals surface area contributed by atoms with Gasteiger partial charge in [-0.15, -0.1) is 0 Å². The van der Waals surface area contributed by atoms with Gasteiger partial charge in [0, 0.05) is 12.3 Å². The third-order valence-corrected chi connectivity index (χ3v) is 1.61. The molecule has 2 heteroatoms. The summed E-state index contributed by atoms with van der Waals surface area (Å²) in [4.78, 5) is 0. The second-order valence-corrected chi connectivity index (χ2v) is 2.22. The van der Waals surface area contributed by atoms with Crippen molar-refractivity contribution < 1.29 is 0 Å². The standard InChI is InChI=1S/C7H12N2/c1-2-6-3-4-9-5-7(6)8/h2,8-9H,3-5H2,1H3/b6-2-,8-7?. The van der Waals surface area contributed by atoms with Crippen LogP contribution in [0.2, 0.25) is 0 Å². The molecule has 0 spiro atoms. The Bertz CT molecular complexity index is 147. The molecular formula is C7H12N2. The molecular weight excluding hydrogens is 112 g/mol. The zero-order valence-corrected chi connectivity index (χ0v) is 5.70. The number of hydrogen-bond donors (Lipinski definition) is 2. The highest BCUT2D eigenvalue weighted by Crippen LogP contribution is 2.05. The van der Waals surface area contributed by atoms with Crippen molar-refractivity contribution in [1.29, 1.82) is 5.41 Å². The van der Waals surface area contributed by atoms with Crippen LogP contribution >= 0.6 is 0 Å². The molecule has 0 aromatic heterocycles. The average molecular weight is 124 g/mol. The number of rotatable bonds is 0. The maximum atomic E-state index is 7.42. The van der Waals surface area contributed by atoms with Crippen LogP contribution in [-0.2, 0) is 0 Å². The van der Waals surface area contributed by atoms with E-state index in [0.717, 1.165) is 25.2 Å². The minimum Gasteiger partial charge on any atom is -0.311 e. The first-order valence-corrected chi connectivity index (χ1v) is 3.28. The predicted octanol–water partition coefficient (Wildman–Crippen LogP) is 0.946. The summed E-state index contributed by atoms with van der Waals surface area (Å²) in [5.41, 5.74) is 1.96. The first-order valence-electron chi connectivity index (χ1n) is 3.28. The summed E-state index contributed by atoms with van der Waals surface area (Å²) in [6.45, 7) is 3.77. The third-order valence-electron chi connectivity index (χ3n) is 1.61. The normalized spacial score (nSPS) is 25.0. The van der Waals surface area contributed by atoms with Crippen LogP contribution in [0.5, 0.6) is 0 Å². The summed E-state index contributed by atoms with van der Waals surface area (Å²) >= 11 is 0. The Hall–Kier alpha value is -0.630. The van der Waals surface area contributed by atoms with Gasteiger partial charge < -0.3 is 10.7 Å². The monoisotopic (exact) mass is 124 g/mol. The Labute approximate surface area is 55.5 Å². The summed E-state index contributed by atoms with van der Waals surface area (Å²) in [6, 6.07) is 0. The second kappa shape index (κ2) is 2.78. The largest absolute Gasteiger partial charge is 0.311 e. The minimum absolute atomic E-state index is 0.750. The van der Waals surface area contributed by atoms with E-state index in [1.165, 1.54) is 5.57 Å². The summed E-state index contributed by atoms with van der Waals surface area (Å²) in [7, 11) is 0. The molecule has 0 aromatic rings. The van der Waals surface area contributed by atoms with Crippen molar-refractivity contribution in [1.82, 2.24) is 5.32 Å². The van der Waals surface area contributed by atoms with Gasteiger partial charge in [-0.3, -0.25) is 0 Å². The van der Waals surface area contributed by atoms with E-state index in [2.05, 4.69) is 5.32 Å². The van der Waals surface area contributed by atoms with Gasteiger partial charge in [0.2, 0.25) is 0 Å². The van der Waals surface area contributed by atoms with E-state index < -0.39 is 0 Å². The summed E-state index contributed by atoms with van der Waals surface area (Å²) in [5, 5.41) is 10.5. The maximum absolute atomic E-state index is 7.42. The summed E-state index contributed by atoms with van der Waals surface area (Å²) < 4.78 is 0. The molecule has 2 N–H and O–H groups in total. The Kier molecular flexibility index (Phi) is 2.01. The van der Waals surface area contributed by atoms with Gasteiger partial charge in [0.1, 0.15) is 0 Å². The first-order chi connectivity index (χ1) is 4.34. The molecule has 1 heterocycles. The smallest absolute Gasteiger partial charge is 0.0481 e. The van der Waals surface area contributed by atoms with Crippen LogP contribution in [0.1, 0.15) is 13.3 Å². The molecule has 1 aliphatic heterocycles. The molecule has 1 fully saturated rings. The molecule has 1 saturated heterocycles. The quantitative estimate of drug-likeness (QED) is 0.495. The van der Waals surface area contributed by atoms with E-state index in [1.807, 2.05) is 13.0 Å². The van der Waals surface area contributed by atoms with Crippen LogP contribution in [0.25, 0.3) is 0 Å². The van der Waals surface area contributed by atoms with Crippen LogP contribution < -0.4 is 5.32 Å². The molecule has 0 unspecified atom stereocenters. The minimum atomic E-state index is 0.750. The lowest BCUT2D eigenvalue weighted by atomic mass is 10.0. The van der Waals surface area contributed by atoms with E-state index in [-0.39, 0.29) is 0 Å². The number of nitrogens with one attached hydrogen (secondary N) is 2. The molecule has 0 aromatic carbocycles. The van der Waals surface area contributed by atoms with Gasteiger partial charge in [-0.25, -0.2) is 0 Å². The molecule has 0 radical (unpaired) electrons. The molecule has 0 saturated carbocycles. The van der Waals surface area contributed by atoms with Gasteiger partial charge in [0.25, 0.3) is 0 Å². The van der Waals surface area contributed by atoms with Crippen molar-refractivity contribution >= 4 is 5.71 Å². The van der Waals surface area contributed by atoms with Crippen molar-refractivity contribution in [3.05, 3.63) is 11.6 Å². The van der Waals surface area contributed by atoms with Gasteiger partial charge in [-0.05, 0) is 25.5 Å². The molecule has 1 aliphatic rings. The van der Waals surface area contributed by atoms with Gasteiger partial charge in [-0.1, -0.05) is 6.08 Å². The first kappa shape index (κ1) is 6.49. The Balaban J connectivity index is 2.60. The highest BCUT2D eigenvalue weighted by molar-refractivity contribution is 5.99. The van der Waals surface area contributed by atoms with Crippen LogP contribution in [0.3, 0.4) is 0 Å².